The molecular formula is C11H10BrNO2. The fourth-order valence-electron chi connectivity index (χ4n) is 1.50. The van der Waals surface area contributed by atoms with Crippen LogP contribution in [-0.4, -0.2) is 17.6 Å². The highest BCUT2D eigenvalue weighted by molar-refractivity contribution is 9.10. The Balaban J connectivity index is 2.57. The molecular weight excluding hydrogens is 258 g/mol. The summed E-state index contributed by atoms with van der Waals surface area (Å²) in [5, 5.41) is 0.987. The van der Waals surface area contributed by atoms with E-state index in [-0.39, 0.29) is 5.97 Å². The smallest absolute Gasteiger partial charge is 0.340 e. The first kappa shape index (κ1) is 10.2. The van der Waals surface area contributed by atoms with Crippen molar-refractivity contribution in [1.82, 2.24) is 4.98 Å². The zero-order valence-corrected chi connectivity index (χ0v) is 9.80. The van der Waals surface area contributed by atoms with E-state index in [1.54, 1.807) is 19.2 Å². The Labute approximate surface area is 95.6 Å². The number of aromatic amines is 1. The Hall–Kier alpha value is -1.29. The van der Waals surface area contributed by atoms with Crippen LogP contribution in [-0.2, 0) is 4.74 Å². The second kappa shape index (κ2) is 4.06. The van der Waals surface area contributed by atoms with Crippen LogP contribution in [0.3, 0.4) is 0 Å². The van der Waals surface area contributed by atoms with E-state index in [0.717, 1.165) is 15.4 Å². The zero-order chi connectivity index (χ0) is 10.8. The van der Waals surface area contributed by atoms with Crippen molar-refractivity contribution >= 4 is 32.8 Å². The number of fused-ring (bicyclic) bond motifs is 1. The highest BCUT2D eigenvalue weighted by Gasteiger charge is 2.12. The molecule has 0 fully saturated rings. The average Bonchev–Trinajstić information content (AvgIpc) is 2.68. The van der Waals surface area contributed by atoms with Crippen molar-refractivity contribution in [3.05, 3.63) is 34.4 Å². The lowest BCUT2D eigenvalue weighted by Crippen LogP contribution is -2.05. The molecule has 2 rings (SSSR count). The van der Waals surface area contributed by atoms with E-state index in [0.29, 0.717) is 12.2 Å². The maximum absolute atomic E-state index is 11.6. The summed E-state index contributed by atoms with van der Waals surface area (Å²) in [6.45, 7) is 2.18. The molecule has 0 aliphatic carbocycles. The van der Waals surface area contributed by atoms with E-state index in [1.807, 2.05) is 12.1 Å². The van der Waals surface area contributed by atoms with Gasteiger partial charge in [0.05, 0.1) is 17.7 Å². The molecule has 2 aromatic rings. The van der Waals surface area contributed by atoms with E-state index >= 15 is 0 Å². The summed E-state index contributed by atoms with van der Waals surface area (Å²) in [5.74, 6) is -0.294. The Morgan fingerprint density at radius 1 is 1.47 bits per heavy atom. The van der Waals surface area contributed by atoms with Gasteiger partial charge in [-0.1, -0.05) is 15.9 Å². The van der Waals surface area contributed by atoms with Gasteiger partial charge in [-0.15, -0.1) is 0 Å². The van der Waals surface area contributed by atoms with Gasteiger partial charge in [-0.2, -0.15) is 0 Å². The van der Waals surface area contributed by atoms with Crippen LogP contribution in [0, 0.1) is 0 Å². The van der Waals surface area contributed by atoms with E-state index in [4.69, 9.17) is 4.74 Å². The first-order chi connectivity index (χ1) is 7.24. The molecule has 0 aliphatic rings. The quantitative estimate of drug-likeness (QED) is 0.850. The standard InChI is InChI=1S/C11H10BrNO2/c1-2-15-11(14)8-3-4-9(12)7-5-6-13-10(7)8/h3-6,13H,2H2,1H3. The third-order valence-electron chi connectivity index (χ3n) is 2.17. The fraction of sp³-hybridized carbons (Fsp3) is 0.182. The fourth-order valence-corrected chi connectivity index (χ4v) is 1.96. The van der Waals surface area contributed by atoms with Crippen LogP contribution in [0.4, 0.5) is 0 Å². The minimum absolute atomic E-state index is 0.294. The van der Waals surface area contributed by atoms with Crippen LogP contribution in [0.1, 0.15) is 17.3 Å². The van der Waals surface area contributed by atoms with Gasteiger partial charge in [0.25, 0.3) is 0 Å². The second-order valence-electron chi connectivity index (χ2n) is 3.08. The lowest BCUT2D eigenvalue weighted by molar-refractivity contribution is 0.0528. The van der Waals surface area contributed by atoms with Crippen LogP contribution in [0.15, 0.2) is 28.9 Å². The summed E-state index contributed by atoms with van der Waals surface area (Å²) >= 11 is 3.43. The number of halogens is 1. The molecule has 0 spiro atoms. The van der Waals surface area contributed by atoms with Crippen molar-refractivity contribution < 1.29 is 9.53 Å². The summed E-state index contributed by atoms with van der Waals surface area (Å²) in [6, 6.07) is 5.52. The van der Waals surface area contributed by atoms with Gasteiger partial charge in [-0.05, 0) is 25.1 Å². The summed E-state index contributed by atoms with van der Waals surface area (Å²) < 4.78 is 5.94. The molecule has 0 radical (unpaired) electrons. The minimum Gasteiger partial charge on any atom is -0.462 e. The number of carbonyl (C=O) groups excluding carboxylic acids is 1. The molecule has 1 heterocycles. The van der Waals surface area contributed by atoms with Gasteiger partial charge in [0.1, 0.15) is 0 Å². The topological polar surface area (TPSA) is 42.1 Å². The predicted octanol–water partition coefficient (Wildman–Crippen LogP) is 3.11. The molecule has 1 aromatic heterocycles. The number of rotatable bonds is 2. The lowest BCUT2D eigenvalue weighted by atomic mass is 10.1. The third kappa shape index (κ3) is 1.77. The number of esters is 1. The minimum atomic E-state index is -0.294. The van der Waals surface area contributed by atoms with E-state index in [9.17, 15) is 4.79 Å². The molecule has 15 heavy (non-hydrogen) atoms. The average molecular weight is 268 g/mol. The van der Waals surface area contributed by atoms with Crippen LogP contribution >= 0.6 is 15.9 Å². The van der Waals surface area contributed by atoms with E-state index < -0.39 is 0 Å². The Morgan fingerprint density at radius 2 is 2.27 bits per heavy atom. The van der Waals surface area contributed by atoms with Gasteiger partial charge >= 0.3 is 5.97 Å². The first-order valence-electron chi connectivity index (χ1n) is 4.66. The van der Waals surface area contributed by atoms with Crippen LogP contribution in [0.5, 0.6) is 0 Å². The number of carbonyl (C=O) groups is 1. The van der Waals surface area contributed by atoms with Crippen LogP contribution < -0.4 is 0 Å². The van der Waals surface area contributed by atoms with E-state index in [1.165, 1.54) is 0 Å². The maximum Gasteiger partial charge on any atom is 0.340 e. The molecule has 3 nitrogen and oxygen atoms in total. The highest BCUT2D eigenvalue weighted by Crippen LogP contribution is 2.26. The molecule has 4 heteroatoms. The Morgan fingerprint density at radius 3 is 3.00 bits per heavy atom. The molecule has 0 saturated carbocycles. The number of nitrogens with one attached hydrogen (secondary N) is 1. The van der Waals surface area contributed by atoms with E-state index in [2.05, 4.69) is 20.9 Å². The number of hydrogen-bond donors (Lipinski definition) is 1. The molecule has 0 aliphatic heterocycles. The van der Waals surface area contributed by atoms with Crippen molar-refractivity contribution in [3.8, 4) is 0 Å². The van der Waals surface area contributed by atoms with Crippen molar-refractivity contribution in [2.24, 2.45) is 0 Å². The number of benzene rings is 1. The van der Waals surface area contributed by atoms with Gasteiger partial charge in [-0.25, -0.2) is 4.79 Å². The van der Waals surface area contributed by atoms with Gasteiger partial charge in [0, 0.05) is 16.1 Å². The molecule has 0 saturated heterocycles. The van der Waals surface area contributed by atoms with Gasteiger partial charge in [0.2, 0.25) is 0 Å². The second-order valence-corrected chi connectivity index (χ2v) is 3.94. The zero-order valence-electron chi connectivity index (χ0n) is 8.21. The number of ether oxygens (including phenoxy) is 1. The van der Waals surface area contributed by atoms with Gasteiger partial charge in [-0.3, -0.25) is 0 Å². The van der Waals surface area contributed by atoms with Crippen LogP contribution in [0.2, 0.25) is 0 Å². The molecule has 1 aromatic carbocycles. The lowest BCUT2D eigenvalue weighted by Gasteiger charge is -2.03. The predicted molar refractivity (Wildman–Crippen MR) is 62.0 cm³/mol. The highest BCUT2D eigenvalue weighted by atomic mass is 79.9. The monoisotopic (exact) mass is 267 g/mol. The summed E-state index contributed by atoms with van der Waals surface area (Å²) in [4.78, 5) is 14.6. The Bertz CT molecular complexity index is 504. The van der Waals surface area contributed by atoms with Gasteiger partial charge < -0.3 is 9.72 Å². The first-order valence-corrected chi connectivity index (χ1v) is 5.46. The number of H-pyrrole nitrogens is 1. The molecule has 0 atom stereocenters. The third-order valence-corrected chi connectivity index (χ3v) is 2.86. The molecule has 0 unspecified atom stereocenters. The molecule has 1 N–H and O–H groups in total. The van der Waals surface area contributed by atoms with Gasteiger partial charge in [0.15, 0.2) is 0 Å². The molecule has 0 bridgehead atoms. The summed E-state index contributed by atoms with van der Waals surface area (Å²) in [7, 11) is 0. The largest absolute Gasteiger partial charge is 0.462 e. The van der Waals surface area contributed by atoms with Crippen molar-refractivity contribution in [2.45, 2.75) is 6.92 Å². The van der Waals surface area contributed by atoms with Crippen LogP contribution in [0.25, 0.3) is 10.9 Å². The van der Waals surface area contributed by atoms with Crippen molar-refractivity contribution in [3.63, 3.8) is 0 Å². The van der Waals surface area contributed by atoms with Crippen molar-refractivity contribution in [1.29, 1.82) is 0 Å². The Kier molecular flexibility index (Phi) is 2.77. The summed E-state index contributed by atoms with van der Waals surface area (Å²) in [5.41, 5.74) is 1.38. The number of aromatic nitrogens is 1. The maximum atomic E-state index is 11.6. The summed E-state index contributed by atoms with van der Waals surface area (Å²) in [6.07, 6.45) is 1.80. The molecule has 78 valence electrons. The SMILES string of the molecule is CCOC(=O)c1ccc(Br)c2cc[nH]c12. The molecule has 0 amide bonds. The van der Waals surface area contributed by atoms with Crippen molar-refractivity contribution in [2.75, 3.05) is 6.61 Å². The number of hydrogen-bond acceptors (Lipinski definition) is 2. The normalized spacial score (nSPS) is 10.5.